The summed E-state index contributed by atoms with van der Waals surface area (Å²) in [5.41, 5.74) is 1.06. The molecule has 0 spiro atoms. The number of ketones is 1. The van der Waals surface area contributed by atoms with E-state index in [9.17, 15) is 4.79 Å². The predicted octanol–water partition coefficient (Wildman–Crippen LogP) is 1.59. The Morgan fingerprint density at radius 1 is 1.40 bits per heavy atom. The number of Topliss-reactive ketones (excluding diaryl/α,β-unsaturated/α-hetero) is 1. The van der Waals surface area contributed by atoms with Crippen molar-refractivity contribution in [2.45, 2.75) is 26.2 Å². The van der Waals surface area contributed by atoms with Crippen molar-refractivity contribution in [1.29, 1.82) is 0 Å². The lowest BCUT2D eigenvalue weighted by Crippen LogP contribution is -2.33. The average molecular weight is 209 g/mol. The van der Waals surface area contributed by atoms with Crippen LogP contribution in [0.25, 0.3) is 0 Å². The molecule has 0 aromatic heterocycles. The van der Waals surface area contributed by atoms with Gasteiger partial charge in [0, 0.05) is 31.3 Å². The van der Waals surface area contributed by atoms with Gasteiger partial charge in [-0.05, 0) is 18.8 Å². The molecule has 0 unspecified atom stereocenters. The molecule has 0 aromatic rings. The molecule has 3 nitrogen and oxygen atoms in total. The van der Waals surface area contributed by atoms with Crippen LogP contribution in [0.15, 0.2) is 11.8 Å². The Morgan fingerprint density at radius 2 is 2.07 bits per heavy atom. The number of hydrogen-bond donors (Lipinski definition) is 0. The molecule has 3 heteroatoms. The summed E-state index contributed by atoms with van der Waals surface area (Å²) in [5.74, 6) is 0.879. The largest absolute Gasteiger partial charge is 0.378 e. The van der Waals surface area contributed by atoms with E-state index in [-0.39, 0.29) is 0 Å². The first-order chi connectivity index (χ1) is 7.31. The summed E-state index contributed by atoms with van der Waals surface area (Å²) in [4.78, 5) is 14.0. The SMILES string of the molecule is CCC(=O)C(=CN1CCOCC1)C1CC1. The van der Waals surface area contributed by atoms with Crippen molar-refractivity contribution >= 4 is 5.78 Å². The van der Waals surface area contributed by atoms with E-state index in [0.29, 0.717) is 18.1 Å². The zero-order valence-corrected chi connectivity index (χ0v) is 9.37. The number of carbonyl (C=O) groups excluding carboxylic acids is 1. The second kappa shape index (κ2) is 4.79. The highest BCUT2D eigenvalue weighted by atomic mass is 16.5. The minimum absolute atomic E-state index is 0.323. The predicted molar refractivity (Wildman–Crippen MR) is 58.5 cm³/mol. The summed E-state index contributed by atoms with van der Waals surface area (Å²) in [6.07, 6.45) is 5.11. The molecule has 0 amide bonds. The van der Waals surface area contributed by atoms with Gasteiger partial charge in [0.25, 0.3) is 0 Å². The van der Waals surface area contributed by atoms with E-state index < -0.39 is 0 Å². The molecule has 1 aliphatic carbocycles. The average Bonchev–Trinajstić information content (AvgIpc) is 3.10. The second-order valence-electron chi connectivity index (χ2n) is 4.28. The van der Waals surface area contributed by atoms with Crippen molar-refractivity contribution < 1.29 is 9.53 Å². The summed E-state index contributed by atoms with van der Waals surface area (Å²) >= 11 is 0. The first-order valence-electron chi connectivity index (χ1n) is 5.88. The summed E-state index contributed by atoms with van der Waals surface area (Å²) in [6, 6.07) is 0. The maximum Gasteiger partial charge on any atom is 0.160 e. The Labute approximate surface area is 91.1 Å². The molecule has 2 aliphatic rings. The van der Waals surface area contributed by atoms with E-state index >= 15 is 0 Å². The normalized spacial score (nSPS) is 23.0. The summed E-state index contributed by atoms with van der Waals surface area (Å²) in [6.45, 7) is 5.36. The molecule has 0 N–H and O–H groups in total. The van der Waals surface area contributed by atoms with E-state index in [1.54, 1.807) is 0 Å². The van der Waals surface area contributed by atoms with Gasteiger partial charge in [-0.3, -0.25) is 4.79 Å². The Hall–Kier alpha value is -0.830. The topological polar surface area (TPSA) is 29.5 Å². The number of hydrogen-bond acceptors (Lipinski definition) is 3. The van der Waals surface area contributed by atoms with Gasteiger partial charge in [0.15, 0.2) is 5.78 Å². The van der Waals surface area contributed by atoms with Gasteiger partial charge in [-0.15, -0.1) is 0 Å². The molecular weight excluding hydrogens is 190 g/mol. The fourth-order valence-electron chi connectivity index (χ4n) is 1.91. The van der Waals surface area contributed by atoms with Crippen LogP contribution in [0, 0.1) is 5.92 Å². The molecule has 1 aliphatic heterocycles. The third kappa shape index (κ3) is 2.81. The molecule has 1 saturated heterocycles. The number of nitrogens with zero attached hydrogens (tertiary/aromatic N) is 1. The van der Waals surface area contributed by atoms with Gasteiger partial charge in [-0.1, -0.05) is 6.92 Å². The van der Waals surface area contributed by atoms with Crippen molar-refractivity contribution in [1.82, 2.24) is 4.90 Å². The molecule has 0 bridgehead atoms. The van der Waals surface area contributed by atoms with Crippen LogP contribution in [0.2, 0.25) is 0 Å². The quantitative estimate of drug-likeness (QED) is 0.658. The van der Waals surface area contributed by atoms with Gasteiger partial charge >= 0.3 is 0 Å². The third-order valence-electron chi connectivity index (χ3n) is 3.03. The third-order valence-corrected chi connectivity index (χ3v) is 3.03. The van der Waals surface area contributed by atoms with Crippen LogP contribution in [-0.2, 0) is 9.53 Å². The lowest BCUT2D eigenvalue weighted by molar-refractivity contribution is -0.115. The summed E-state index contributed by atoms with van der Waals surface area (Å²) < 4.78 is 5.29. The van der Waals surface area contributed by atoms with Crippen molar-refractivity contribution in [3.8, 4) is 0 Å². The van der Waals surface area contributed by atoms with Gasteiger partial charge in [0.2, 0.25) is 0 Å². The first kappa shape index (κ1) is 10.7. The number of rotatable bonds is 4. The van der Waals surface area contributed by atoms with Gasteiger partial charge in [0.1, 0.15) is 0 Å². The molecule has 0 atom stereocenters. The minimum atomic E-state index is 0.323. The molecule has 1 heterocycles. The molecule has 0 radical (unpaired) electrons. The van der Waals surface area contributed by atoms with Crippen LogP contribution >= 0.6 is 0 Å². The fraction of sp³-hybridized carbons (Fsp3) is 0.750. The fourth-order valence-corrected chi connectivity index (χ4v) is 1.91. The van der Waals surface area contributed by atoms with Crippen LogP contribution in [-0.4, -0.2) is 37.0 Å². The Balaban J connectivity index is 2.01. The van der Waals surface area contributed by atoms with E-state index in [4.69, 9.17) is 4.74 Å². The van der Waals surface area contributed by atoms with Gasteiger partial charge in [-0.2, -0.15) is 0 Å². The van der Waals surface area contributed by atoms with Crippen molar-refractivity contribution in [3.05, 3.63) is 11.8 Å². The standard InChI is InChI=1S/C12H19NO2/c1-2-12(14)11(10-3-4-10)9-13-5-7-15-8-6-13/h9-10H,2-8H2,1H3. The highest BCUT2D eigenvalue weighted by Gasteiger charge is 2.30. The Kier molecular flexibility index (Phi) is 3.41. The minimum Gasteiger partial charge on any atom is -0.378 e. The number of carbonyl (C=O) groups is 1. The number of morpholine rings is 1. The maximum atomic E-state index is 11.7. The molecule has 15 heavy (non-hydrogen) atoms. The number of allylic oxidation sites excluding steroid dienone is 1. The maximum absolute atomic E-state index is 11.7. The van der Waals surface area contributed by atoms with Crippen LogP contribution in [0.3, 0.4) is 0 Å². The highest BCUT2D eigenvalue weighted by Crippen LogP contribution is 2.37. The van der Waals surface area contributed by atoms with E-state index in [2.05, 4.69) is 11.1 Å². The van der Waals surface area contributed by atoms with Crippen LogP contribution in [0.1, 0.15) is 26.2 Å². The summed E-state index contributed by atoms with van der Waals surface area (Å²) in [7, 11) is 0. The first-order valence-corrected chi connectivity index (χ1v) is 5.88. The van der Waals surface area contributed by atoms with Gasteiger partial charge < -0.3 is 9.64 Å². The van der Waals surface area contributed by atoms with E-state index in [0.717, 1.165) is 31.9 Å². The highest BCUT2D eigenvalue weighted by molar-refractivity contribution is 5.95. The Bertz CT molecular complexity index is 263. The van der Waals surface area contributed by atoms with E-state index in [1.807, 2.05) is 6.92 Å². The molecule has 84 valence electrons. The van der Waals surface area contributed by atoms with Crippen molar-refractivity contribution in [2.75, 3.05) is 26.3 Å². The molecule has 0 aromatic carbocycles. The Morgan fingerprint density at radius 3 is 2.60 bits per heavy atom. The van der Waals surface area contributed by atoms with Gasteiger partial charge in [-0.25, -0.2) is 0 Å². The van der Waals surface area contributed by atoms with Crippen LogP contribution < -0.4 is 0 Å². The zero-order chi connectivity index (χ0) is 10.7. The number of ether oxygens (including phenoxy) is 1. The van der Waals surface area contributed by atoms with Crippen molar-refractivity contribution in [3.63, 3.8) is 0 Å². The molecule has 2 rings (SSSR count). The second-order valence-corrected chi connectivity index (χ2v) is 4.28. The van der Waals surface area contributed by atoms with Crippen LogP contribution in [0.5, 0.6) is 0 Å². The zero-order valence-electron chi connectivity index (χ0n) is 9.37. The van der Waals surface area contributed by atoms with Crippen molar-refractivity contribution in [2.24, 2.45) is 5.92 Å². The smallest absolute Gasteiger partial charge is 0.160 e. The van der Waals surface area contributed by atoms with E-state index in [1.165, 1.54) is 12.8 Å². The molecule has 2 fully saturated rings. The summed E-state index contributed by atoms with van der Waals surface area (Å²) in [5, 5.41) is 0. The lowest BCUT2D eigenvalue weighted by atomic mass is 10.1. The molecule has 1 saturated carbocycles. The lowest BCUT2D eigenvalue weighted by Gasteiger charge is -2.26. The van der Waals surface area contributed by atoms with Gasteiger partial charge in [0.05, 0.1) is 13.2 Å². The monoisotopic (exact) mass is 209 g/mol. The molecular formula is C12H19NO2. The van der Waals surface area contributed by atoms with Crippen LogP contribution in [0.4, 0.5) is 0 Å².